The highest BCUT2D eigenvalue weighted by Crippen LogP contribution is 2.23. The maximum atomic E-state index is 13.1. The predicted molar refractivity (Wildman–Crippen MR) is 79.6 cm³/mol. The van der Waals surface area contributed by atoms with Crippen LogP contribution in [0.1, 0.15) is 33.3 Å². The Hall–Kier alpha value is -1.62. The largest absolute Gasteiger partial charge is 0.487 e. The van der Waals surface area contributed by atoms with E-state index >= 15 is 0 Å². The van der Waals surface area contributed by atoms with Crippen molar-refractivity contribution in [3.63, 3.8) is 0 Å². The Morgan fingerprint density at radius 2 is 1.86 bits per heavy atom. The summed E-state index contributed by atoms with van der Waals surface area (Å²) in [6, 6.07) is 3.64. The molecule has 1 aromatic rings. The van der Waals surface area contributed by atoms with E-state index in [9.17, 15) is 9.18 Å². The summed E-state index contributed by atoms with van der Waals surface area (Å²) >= 11 is 0. The van der Waals surface area contributed by atoms with Crippen molar-refractivity contribution in [3.05, 3.63) is 29.6 Å². The summed E-state index contributed by atoms with van der Waals surface area (Å²) in [5.41, 5.74) is 6.22. The molecule has 0 fully saturated rings. The summed E-state index contributed by atoms with van der Waals surface area (Å²) in [5, 5.41) is 0. The first-order chi connectivity index (χ1) is 9.72. The highest BCUT2D eigenvalue weighted by molar-refractivity contribution is 5.75. The first-order valence-corrected chi connectivity index (χ1v) is 7.11. The van der Waals surface area contributed by atoms with E-state index in [0.29, 0.717) is 11.3 Å². The summed E-state index contributed by atoms with van der Waals surface area (Å²) < 4.78 is 24.3. The van der Waals surface area contributed by atoms with Crippen LogP contribution in [-0.2, 0) is 9.53 Å². The average molecular weight is 297 g/mol. The van der Waals surface area contributed by atoms with Crippen molar-refractivity contribution in [3.8, 4) is 5.75 Å². The Labute approximate surface area is 125 Å². The van der Waals surface area contributed by atoms with Crippen molar-refractivity contribution >= 4 is 5.97 Å². The van der Waals surface area contributed by atoms with Crippen LogP contribution >= 0.6 is 0 Å². The minimum absolute atomic E-state index is 0.0726. The predicted octanol–water partition coefficient (Wildman–Crippen LogP) is 2.82. The molecule has 5 heteroatoms. The molecule has 0 aliphatic heterocycles. The molecule has 4 nitrogen and oxygen atoms in total. The SMILES string of the molecule is Cc1cc(F)ccc1O[C@@H](C)C(OC(=O)[C@H](C)N)C(C)C. The van der Waals surface area contributed by atoms with E-state index in [0.717, 1.165) is 0 Å². The third-order valence-electron chi connectivity index (χ3n) is 3.19. The van der Waals surface area contributed by atoms with E-state index in [1.54, 1.807) is 19.9 Å². The first-order valence-electron chi connectivity index (χ1n) is 7.11. The van der Waals surface area contributed by atoms with Crippen molar-refractivity contribution in [2.75, 3.05) is 0 Å². The van der Waals surface area contributed by atoms with Crippen molar-refractivity contribution in [2.24, 2.45) is 11.7 Å². The van der Waals surface area contributed by atoms with Crippen LogP contribution in [0.5, 0.6) is 5.75 Å². The van der Waals surface area contributed by atoms with E-state index < -0.39 is 18.1 Å². The second-order valence-corrected chi connectivity index (χ2v) is 5.67. The molecule has 0 amide bonds. The maximum Gasteiger partial charge on any atom is 0.323 e. The van der Waals surface area contributed by atoms with Crippen molar-refractivity contribution < 1.29 is 18.7 Å². The number of hydrogen-bond donors (Lipinski definition) is 1. The number of esters is 1. The van der Waals surface area contributed by atoms with Gasteiger partial charge in [0.05, 0.1) is 0 Å². The van der Waals surface area contributed by atoms with E-state index in [1.165, 1.54) is 12.1 Å². The Bertz CT molecular complexity index is 488. The molecule has 2 N–H and O–H groups in total. The van der Waals surface area contributed by atoms with Gasteiger partial charge >= 0.3 is 5.97 Å². The van der Waals surface area contributed by atoms with Crippen LogP contribution in [0.15, 0.2) is 18.2 Å². The molecule has 0 aliphatic rings. The zero-order valence-electron chi connectivity index (χ0n) is 13.2. The topological polar surface area (TPSA) is 61.5 Å². The van der Waals surface area contributed by atoms with Crippen molar-refractivity contribution in [1.29, 1.82) is 0 Å². The number of benzene rings is 1. The van der Waals surface area contributed by atoms with E-state index in [4.69, 9.17) is 15.2 Å². The molecule has 0 aromatic heterocycles. The number of aryl methyl sites for hydroxylation is 1. The lowest BCUT2D eigenvalue weighted by Crippen LogP contribution is -2.41. The number of carbonyl (C=O) groups excluding carboxylic acids is 1. The maximum absolute atomic E-state index is 13.1. The number of rotatable bonds is 6. The highest BCUT2D eigenvalue weighted by atomic mass is 19.1. The Kier molecular flexibility index (Phi) is 6.15. The molecule has 3 atom stereocenters. The van der Waals surface area contributed by atoms with Gasteiger partial charge in [-0.15, -0.1) is 0 Å². The molecule has 0 radical (unpaired) electrons. The van der Waals surface area contributed by atoms with Crippen LogP contribution in [0.4, 0.5) is 4.39 Å². The molecule has 1 rings (SSSR count). The zero-order chi connectivity index (χ0) is 16.2. The lowest BCUT2D eigenvalue weighted by molar-refractivity contribution is -0.157. The molecular formula is C16H24FNO3. The third kappa shape index (κ3) is 5.01. The number of halogens is 1. The van der Waals surface area contributed by atoms with Gasteiger partial charge in [-0.1, -0.05) is 13.8 Å². The summed E-state index contributed by atoms with van der Waals surface area (Å²) in [6.07, 6.45) is -0.787. The lowest BCUT2D eigenvalue weighted by atomic mass is 10.0. The van der Waals surface area contributed by atoms with Crippen LogP contribution in [0.25, 0.3) is 0 Å². The van der Waals surface area contributed by atoms with Crippen LogP contribution in [-0.4, -0.2) is 24.2 Å². The molecule has 0 spiro atoms. The van der Waals surface area contributed by atoms with Gasteiger partial charge in [0.2, 0.25) is 0 Å². The Balaban J connectivity index is 2.81. The van der Waals surface area contributed by atoms with Gasteiger partial charge in [-0.2, -0.15) is 0 Å². The van der Waals surface area contributed by atoms with Crippen molar-refractivity contribution in [1.82, 2.24) is 0 Å². The molecule has 0 heterocycles. The number of nitrogens with two attached hydrogens (primary N) is 1. The summed E-state index contributed by atoms with van der Waals surface area (Å²) in [5.74, 6) is -0.119. The average Bonchev–Trinajstić information content (AvgIpc) is 2.38. The van der Waals surface area contributed by atoms with E-state index in [1.807, 2.05) is 20.8 Å². The molecule has 118 valence electrons. The smallest absolute Gasteiger partial charge is 0.323 e. The van der Waals surface area contributed by atoms with Crippen LogP contribution in [0, 0.1) is 18.7 Å². The summed E-state index contributed by atoms with van der Waals surface area (Å²) in [7, 11) is 0. The number of carbonyl (C=O) groups is 1. The normalized spacial score (nSPS) is 15.4. The number of hydrogen-bond acceptors (Lipinski definition) is 4. The first kappa shape index (κ1) is 17.4. The third-order valence-corrected chi connectivity index (χ3v) is 3.19. The van der Waals surface area contributed by atoms with Gasteiger partial charge < -0.3 is 15.2 Å². The minimum atomic E-state index is -0.675. The fraction of sp³-hybridized carbons (Fsp3) is 0.562. The molecule has 0 aliphatic carbocycles. The molecule has 21 heavy (non-hydrogen) atoms. The van der Waals surface area contributed by atoms with Gasteiger partial charge in [0, 0.05) is 0 Å². The highest BCUT2D eigenvalue weighted by Gasteiger charge is 2.28. The fourth-order valence-electron chi connectivity index (χ4n) is 2.03. The van der Waals surface area contributed by atoms with Gasteiger partial charge in [-0.05, 0) is 50.5 Å². The van der Waals surface area contributed by atoms with Gasteiger partial charge in [0.25, 0.3) is 0 Å². The summed E-state index contributed by atoms with van der Waals surface area (Å²) in [4.78, 5) is 11.7. The Morgan fingerprint density at radius 3 is 2.33 bits per heavy atom. The van der Waals surface area contributed by atoms with Gasteiger partial charge in [-0.3, -0.25) is 4.79 Å². The molecule has 0 saturated carbocycles. The second kappa shape index (κ2) is 7.41. The van der Waals surface area contributed by atoms with Gasteiger partial charge in [-0.25, -0.2) is 4.39 Å². The Morgan fingerprint density at radius 1 is 1.24 bits per heavy atom. The summed E-state index contributed by atoms with van der Waals surface area (Å²) in [6.45, 7) is 9.05. The molecule has 0 bridgehead atoms. The van der Waals surface area contributed by atoms with E-state index in [-0.39, 0.29) is 17.8 Å². The van der Waals surface area contributed by atoms with Crippen LogP contribution in [0.3, 0.4) is 0 Å². The monoisotopic (exact) mass is 297 g/mol. The standard InChI is InChI=1S/C16H24FNO3/c1-9(2)15(21-16(19)11(4)18)12(5)20-14-7-6-13(17)8-10(14)3/h6-9,11-12,15H,18H2,1-5H3/t11-,12-,15?/m0/s1. The molecule has 0 saturated heterocycles. The molecule has 1 aromatic carbocycles. The fourth-order valence-corrected chi connectivity index (χ4v) is 2.03. The zero-order valence-corrected chi connectivity index (χ0v) is 13.2. The molecular weight excluding hydrogens is 273 g/mol. The van der Waals surface area contributed by atoms with Gasteiger partial charge in [0.1, 0.15) is 29.8 Å². The second-order valence-electron chi connectivity index (χ2n) is 5.67. The van der Waals surface area contributed by atoms with Crippen LogP contribution < -0.4 is 10.5 Å². The van der Waals surface area contributed by atoms with E-state index in [2.05, 4.69) is 0 Å². The van der Waals surface area contributed by atoms with Crippen molar-refractivity contribution in [2.45, 2.75) is 52.9 Å². The quantitative estimate of drug-likeness (QED) is 0.820. The van der Waals surface area contributed by atoms with Gasteiger partial charge in [0.15, 0.2) is 0 Å². The minimum Gasteiger partial charge on any atom is -0.487 e. The molecule has 1 unspecified atom stereocenters. The lowest BCUT2D eigenvalue weighted by Gasteiger charge is -2.29. The number of ether oxygens (including phenoxy) is 2. The van der Waals surface area contributed by atoms with Crippen LogP contribution in [0.2, 0.25) is 0 Å².